The Morgan fingerprint density at radius 2 is 0.783 bits per heavy atom. The number of carboxylic acid groups (broad SMARTS) is 3. The van der Waals surface area contributed by atoms with E-state index in [-0.39, 0.29) is 31.7 Å². The van der Waals surface area contributed by atoms with Crippen LogP contribution in [0.3, 0.4) is 0 Å². The quantitative estimate of drug-likeness (QED) is 0.0420. The summed E-state index contributed by atoms with van der Waals surface area (Å²) in [5.74, 6) is -10.4. The van der Waals surface area contributed by atoms with Crippen LogP contribution < -0.4 is 43.4 Å². The van der Waals surface area contributed by atoms with Crippen LogP contribution >= 0.6 is 0 Å². The van der Waals surface area contributed by atoms with Gasteiger partial charge in [0.15, 0.2) is 0 Å². The monoisotopic (exact) mass is 857 g/mol. The molecule has 0 bridgehead atoms. The number of rotatable bonds is 31. The predicted molar refractivity (Wildman–Crippen MR) is 222 cm³/mol. The Bertz CT molecular complexity index is 1450. The molecule has 0 rings (SSSR count). The third-order valence-electron chi connectivity index (χ3n) is 11.1. The molecule has 0 radical (unpaired) electrons. The van der Waals surface area contributed by atoms with E-state index in [0.29, 0.717) is 38.5 Å². The second-order valence-corrected chi connectivity index (χ2v) is 15.7. The van der Waals surface area contributed by atoms with Crippen molar-refractivity contribution in [2.75, 3.05) is 6.54 Å². The molecule has 13 N–H and O–H groups in total. The molecule has 0 aliphatic carbocycles. The molecule has 20 nitrogen and oxygen atoms in total. The Morgan fingerprint density at radius 1 is 0.450 bits per heavy atom. The number of carboxylic acids is 3. The number of nitrogens with two attached hydrogens (primary N) is 2. The lowest BCUT2D eigenvalue weighted by Crippen LogP contribution is -2.61. The number of hydrogen-bond donors (Lipinski definition) is 11. The van der Waals surface area contributed by atoms with Crippen LogP contribution in [0, 0.1) is 23.7 Å². The summed E-state index contributed by atoms with van der Waals surface area (Å²) in [4.78, 5) is 117. The third-order valence-corrected chi connectivity index (χ3v) is 11.1. The molecule has 0 saturated heterocycles. The highest BCUT2D eigenvalue weighted by Crippen LogP contribution is 2.15. The van der Waals surface area contributed by atoms with E-state index in [9.17, 15) is 58.5 Å². The van der Waals surface area contributed by atoms with Gasteiger partial charge in [0.05, 0.1) is 6.04 Å². The lowest BCUT2D eigenvalue weighted by atomic mass is 9.95. The van der Waals surface area contributed by atoms with Crippen LogP contribution in [0.2, 0.25) is 0 Å². The van der Waals surface area contributed by atoms with Crippen LogP contribution in [0.5, 0.6) is 0 Å². The normalized spacial score (nSPS) is 16.7. The highest BCUT2D eigenvalue weighted by Gasteiger charge is 2.37. The van der Waals surface area contributed by atoms with Crippen LogP contribution in [0.4, 0.5) is 0 Å². The molecule has 344 valence electrons. The topological polar surface area (TPSA) is 339 Å². The SMILES string of the molecule is CC[C@H](C)[C@H](N)C(=O)N[C@@H](CCC(=O)O)C(=O)N[C@H](C(=O)N[C@@H](CCCCN)C(=O)N[C@H](C(=O)N[C@@H](CCC(=O)O)C(=O)N[C@H](C(=O)O)[C@@H](C)CC)[C@@H](C)CC)[C@@H](C)CC. The van der Waals surface area contributed by atoms with E-state index >= 15 is 0 Å². The molecule has 11 atom stereocenters. The lowest BCUT2D eigenvalue weighted by Gasteiger charge is -2.31. The van der Waals surface area contributed by atoms with Crippen molar-refractivity contribution in [1.29, 1.82) is 0 Å². The van der Waals surface area contributed by atoms with E-state index in [1.165, 1.54) is 0 Å². The van der Waals surface area contributed by atoms with Gasteiger partial charge >= 0.3 is 17.9 Å². The minimum Gasteiger partial charge on any atom is -0.481 e. The molecule has 0 aliphatic rings. The molecule has 0 unspecified atom stereocenters. The summed E-state index contributed by atoms with van der Waals surface area (Å²) in [5, 5.41) is 43.8. The van der Waals surface area contributed by atoms with E-state index in [1.807, 2.05) is 6.92 Å². The average molecular weight is 857 g/mol. The maximum Gasteiger partial charge on any atom is 0.326 e. The highest BCUT2D eigenvalue weighted by molar-refractivity contribution is 5.97. The van der Waals surface area contributed by atoms with Crippen LogP contribution in [-0.2, 0) is 43.2 Å². The van der Waals surface area contributed by atoms with Gasteiger partial charge in [0.1, 0.15) is 36.3 Å². The van der Waals surface area contributed by atoms with Gasteiger partial charge in [-0.3, -0.25) is 38.4 Å². The van der Waals surface area contributed by atoms with Gasteiger partial charge < -0.3 is 58.7 Å². The first-order valence-electron chi connectivity index (χ1n) is 21.0. The zero-order chi connectivity index (χ0) is 46.3. The molecular weight excluding hydrogens is 784 g/mol. The lowest BCUT2D eigenvalue weighted by molar-refractivity contribution is -0.144. The molecule has 0 aromatic heterocycles. The number of carbonyl (C=O) groups excluding carboxylic acids is 6. The van der Waals surface area contributed by atoms with Crippen molar-refractivity contribution < 1.29 is 58.5 Å². The van der Waals surface area contributed by atoms with Crippen molar-refractivity contribution in [3.05, 3.63) is 0 Å². The zero-order valence-electron chi connectivity index (χ0n) is 36.5. The molecule has 0 aromatic carbocycles. The highest BCUT2D eigenvalue weighted by atomic mass is 16.4. The summed E-state index contributed by atoms with van der Waals surface area (Å²) in [7, 11) is 0. The van der Waals surface area contributed by atoms with Crippen molar-refractivity contribution in [3.63, 3.8) is 0 Å². The largest absolute Gasteiger partial charge is 0.481 e. The number of hydrogen-bond acceptors (Lipinski definition) is 11. The van der Waals surface area contributed by atoms with E-state index < -0.39 is 126 Å². The fourth-order valence-electron chi connectivity index (χ4n) is 5.99. The molecule has 0 aliphatic heterocycles. The number of aliphatic carboxylic acids is 3. The molecule has 6 amide bonds. The maximum atomic E-state index is 14.0. The van der Waals surface area contributed by atoms with Gasteiger partial charge in [0, 0.05) is 12.8 Å². The Balaban J connectivity index is 6.58. The molecule has 60 heavy (non-hydrogen) atoms. The van der Waals surface area contributed by atoms with Crippen molar-refractivity contribution in [3.8, 4) is 0 Å². The molecule has 0 heterocycles. The first-order valence-corrected chi connectivity index (χ1v) is 21.0. The second-order valence-electron chi connectivity index (χ2n) is 15.7. The van der Waals surface area contributed by atoms with Gasteiger partial charge in [-0.1, -0.05) is 81.1 Å². The second kappa shape index (κ2) is 28.6. The number of nitrogens with one attached hydrogen (secondary N) is 6. The maximum absolute atomic E-state index is 14.0. The van der Waals surface area contributed by atoms with E-state index in [4.69, 9.17) is 11.5 Å². The van der Waals surface area contributed by atoms with Gasteiger partial charge in [-0.25, -0.2) is 4.79 Å². The fraction of sp³-hybridized carbons (Fsp3) is 0.775. The summed E-state index contributed by atoms with van der Waals surface area (Å²) >= 11 is 0. The fourth-order valence-corrected chi connectivity index (χ4v) is 5.99. The van der Waals surface area contributed by atoms with Crippen LogP contribution in [0.25, 0.3) is 0 Å². The number of carbonyl (C=O) groups is 9. The Labute approximate surface area is 353 Å². The van der Waals surface area contributed by atoms with Gasteiger partial charge in [-0.05, 0) is 62.3 Å². The zero-order valence-corrected chi connectivity index (χ0v) is 36.5. The third kappa shape index (κ3) is 19.5. The standard InChI is InChI=1S/C40H72N8O12/c1-9-21(5)30(42)37(56)43-26(16-18-28(49)50)35(54)47-31(22(6)10-2)38(57)44-25(15-13-14-20-41)34(53)46-32(23(7)11-3)39(58)45-27(17-19-29(51)52)36(55)48-33(40(59)60)24(8)12-4/h21-27,30-33H,9-20,41-42H2,1-8H3,(H,43,56)(H,44,57)(H,45,58)(H,46,53)(H,47,54)(H,48,55)(H,49,50)(H,51,52)(H,59,60)/t21-,22-,23-,24-,25-,26-,27-,30-,31-,32-,33-/m0/s1. The number of amides is 6. The molecule has 0 spiro atoms. The summed E-state index contributed by atoms with van der Waals surface area (Å²) < 4.78 is 0. The van der Waals surface area contributed by atoms with Crippen molar-refractivity contribution in [1.82, 2.24) is 31.9 Å². The Morgan fingerprint density at radius 3 is 1.12 bits per heavy atom. The summed E-state index contributed by atoms with van der Waals surface area (Å²) in [6.07, 6.45) is 0.909. The minimum absolute atomic E-state index is 0.0609. The molecule has 0 fully saturated rings. The number of unbranched alkanes of at least 4 members (excludes halogenated alkanes) is 1. The van der Waals surface area contributed by atoms with Gasteiger partial charge in [-0.2, -0.15) is 0 Å². The van der Waals surface area contributed by atoms with Crippen LogP contribution in [-0.4, -0.2) is 118 Å². The van der Waals surface area contributed by atoms with Crippen molar-refractivity contribution in [2.45, 2.75) is 168 Å². The smallest absolute Gasteiger partial charge is 0.326 e. The summed E-state index contributed by atoms with van der Waals surface area (Å²) in [6.45, 7) is 14.1. The average Bonchev–Trinajstić information content (AvgIpc) is 3.21. The molecule has 0 aromatic rings. The van der Waals surface area contributed by atoms with Gasteiger partial charge in [0.25, 0.3) is 0 Å². The Kier molecular flexibility index (Phi) is 26.3. The van der Waals surface area contributed by atoms with Crippen LogP contribution in [0.1, 0.15) is 126 Å². The first-order chi connectivity index (χ1) is 28.1. The molecular formula is C40H72N8O12. The molecule has 0 saturated carbocycles. The van der Waals surface area contributed by atoms with Crippen LogP contribution in [0.15, 0.2) is 0 Å². The van der Waals surface area contributed by atoms with E-state index in [2.05, 4.69) is 31.9 Å². The summed E-state index contributed by atoms with van der Waals surface area (Å²) in [5.41, 5.74) is 11.8. The van der Waals surface area contributed by atoms with Crippen molar-refractivity contribution >= 4 is 53.4 Å². The molecule has 20 heteroatoms. The van der Waals surface area contributed by atoms with Gasteiger partial charge in [-0.15, -0.1) is 0 Å². The van der Waals surface area contributed by atoms with Crippen molar-refractivity contribution in [2.24, 2.45) is 35.1 Å². The summed E-state index contributed by atoms with van der Waals surface area (Å²) in [6, 6.07) is -8.95. The van der Waals surface area contributed by atoms with Gasteiger partial charge in [0.2, 0.25) is 35.4 Å². The van der Waals surface area contributed by atoms with E-state index in [0.717, 1.165) is 0 Å². The Hall–Kier alpha value is -4.85. The first kappa shape index (κ1) is 55.2. The predicted octanol–water partition coefficient (Wildman–Crippen LogP) is 0.350. The minimum atomic E-state index is -1.47. The van der Waals surface area contributed by atoms with E-state index in [1.54, 1.807) is 48.5 Å².